The lowest BCUT2D eigenvalue weighted by Crippen LogP contribution is -2.37. The molecule has 3 rings (SSSR count). The summed E-state index contributed by atoms with van der Waals surface area (Å²) in [5.74, 6) is -0.477. The van der Waals surface area contributed by atoms with E-state index in [-0.39, 0.29) is 17.6 Å². The molecule has 124 valence electrons. The van der Waals surface area contributed by atoms with Gasteiger partial charge in [0, 0.05) is 30.2 Å². The van der Waals surface area contributed by atoms with Gasteiger partial charge in [0.05, 0.1) is 5.41 Å². The van der Waals surface area contributed by atoms with E-state index in [1.165, 1.54) is 17.8 Å². The van der Waals surface area contributed by atoms with Crippen molar-refractivity contribution in [2.45, 2.75) is 30.6 Å². The van der Waals surface area contributed by atoms with Crippen LogP contribution < -0.4 is 0 Å². The Morgan fingerprint density at radius 2 is 2.17 bits per heavy atom. The number of carbonyl (C=O) groups is 2. The number of halogens is 1. The van der Waals surface area contributed by atoms with Crippen molar-refractivity contribution < 1.29 is 19.1 Å². The maximum Gasteiger partial charge on any atom is 0.311 e. The van der Waals surface area contributed by atoms with Crippen LogP contribution in [0.4, 0.5) is 4.39 Å². The second kappa shape index (κ2) is 6.51. The summed E-state index contributed by atoms with van der Waals surface area (Å²) in [5.41, 5.74) is -0.728. The van der Waals surface area contributed by atoms with Crippen molar-refractivity contribution in [1.29, 1.82) is 0 Å². The molecule has 1 saturated carbocycles. The predicted octanol–water partition coefficient (Wildman–Crippen LogP) is 3.02. The Labute approximate surface area is 139 Å². The van der Waals surface area contributed by atoms with Gasteiger partial charge in [0.1, 0.15) is 5.82 Å². The number of benzene rings is 1. The van der Waals surface area contributed by atoms with Crippen molar-refractivity contribution in [3.63, 3.8) is 0 Å². The molecule has 1 aromatic carbocycles. The van der Waals surface area contributed by atoms with Crippen LogP contribution in [-0.4, -0.2) is 40.7 Å². The van der Waals surface area contributed by atoms with Crippen molar-refractivity contribution >= 4 is 23.6 Å². The summed E-state index contributed by atoms with van der Waals surface area (Å²) in [4.78, 5) is 26.2. The van der Waals surface area contributed by atoms with Gasteiger partial charge < -0.3 is 10.0 Å². The summed E-state index contributed by atoms with van der Waals surface area (Å²) < 4.78 is 13.5. The number of likely N-dealkylation sites (tertiary alicyclic amines) is 1. The molecule has 23 heavy (non-hydrogen) atoms. The SMILES string of the molecule is O=C(CCSc1ccccc1F)N1C[C@@H]2CCC[C@@]2(C(=O)O)C1. The Morgan fingerprint density at radius 3 is 2.87 bits per heavy atom. The van der Waals surface area contributed by atoms with Gasteiger partial charge in [0.2, 0.25) is 5.91 Å². The molecule has 6 heteroatoms. The number of carboxylic acid groups (broad SMARTS) is 1. The van der Waals surface area contributed by atoms with Crippen molar-refractivity contribution in [3.05, 3.63) is 30.1 Å². The first kappa shape index (κ1) is 16.3. The van der Waals surface area contributed by atoms with Crippen LogP contribution in [0.15, 0.2) is 29.2 Å². The lowest BCUT2D eigenvalue weighted by Gasteiger charge is -2.23. The second-order valence-corrected chi connectivity index (χ2v) is 7.49. The molecule has 1 N–H and O–H groups in total. The zero-order valence-corrected chi connectivity index (χ0v) is 13.7. The molecule has 0 unspecified atom stereocenters. The number of amides is 1. The van der Waals surface area contributed by atoms with Gasteiger partial charge in [-0.3, -0.25) is 9.59 Å². The summed E-state index contributed by atoms with van der Waals surface area (Å²) in [6, 6.07) is 6.51. The predicted molar refractivity (Wildman–Crippen MR) is 85.7 cm³/mol. The molecule has 1 saturated heterocycles. The lowest BCUT2D eigenvalue weighted by molar-refractivity contribution is -0.149. The first-order valence-corrected chi connectivity index (χ1v) is 8.90. The quantitative estimate of drug-likeness (QED) is 0.839. The summed E-state index contributed by atoms with van der Waals surface area (Å²) in [6.45, 7) is 0.881. The monoisotopic (exact) mass is 337 g/mol. The van der Waals surface area contributed by atoms with Crippen molar-refractivity contribution in [2.75, 3.05) is 18.8 Å². The molecule has 2 atom stereocenters. The Balaban J connectivity index is 1.54. The highest BCUT2D eigenvalue weighted by atomic mass is 32.2. The van der Waals surface area contributed by atoms with E-state index in [2.05, 4.69) is 0 Å². The number of nitrogens with zero attached hydrogens (tertiary/aromatic N) is 1. The molecule has 1 aliphatic carbocycles. The first-order chi connectivity index (χ1) is 11.0. The van der Waals surface area contributed by atoms with E-state index in [4.69, 9.17) is 0 Å². The molecule has 1 amide bonds. The van der Waals surface area contributed by atoms with Crippen LogP contribution in [0.3, 0.4) is 0 Å². The lowest BCUT2D eigenvalue weighted by atomic mass is 9.81. The van der Waals surface area contributed by atoms with Gasteiger partial charge in [0.15, 0.2) is 0 Å². The fourth-order valence-corrected chi connectivity index (χ4v) is 4.67. The van der Waals surface area contributed by atoms with Crippen LogP contribution in [0.5, 0.6) is 0 Å². The molecule has 4 nitrogen and oxygen atoms in total. The Hall–Kier alpha value is -1.56. The van der Waals surface area contributed by atoms with Gasteiger partial charge >= 0.3 is 5.97 Å². The third kappa shape index (κ3) is 3.09. The highest BCUT2D eigenvalue weighted by molar-refractivity contribution is 7.99. The number of fused-ring (bicyclic) bond motifs is 1. The fourth-order valence-electron chi connectivity index (χ4n) is 3.80. The zero-order chi connectivity index (χ0) is 16.4. The smallest absolute Gasteiger partial charge is 0.311 e. The van der Waals surface area contributed by atoms with Crippen molar-refractivity contribution in [2.24, 2.45) is 11.3 Å². The molecule has 0 spiro atoms. The van der Waals surface area contributed by atoms with E-state index in [9.17, 15) is 19.1 Å². The van der Waals surface area contributed by atoms with E-state index >= 15 is 0 Å². The van der Waals surface area contributed by atoms with Gasteiger partial charge in [-0.2, -0.15) is 0 Å². The third-order valence-corrected chi connectivity index (χ3v) is 6.11. The minimum Gasteiger partial charge on any atom is -0.481 e. The van der Waals surface area contributed by atoms with Crippen molar-refractivity contribution in [3.8, 4) is 0 Å². The normalized spacial score (nSPS) is 26.3. The molecule has 1 heterocycles. The molecule has 1 aromatic rings. The second-order valence-electron chi connectivity index (χ2n) is 6.35. The molecule has 2 fully saturated rings. The number of carbonyl (C=O) groups excluding carboxylic acids is 1. The van der Waals surface area contributed by atoms with Crippen LogP contribution in [0, 0.1) is 17.2 Å². The number of hydrogen-bond acceptors (Lipinski definition) is 3. The van der Waals surface area contributed by atoms with Gasteiger partial charge in [-0.05, 0) is 30.9 Å². The van der Waals surface area contributed by atoms with Crippen LogP contribution in [0.1, 0.15) is 25.7 Å². The van der Waals surface area contributed by atoms with Crippen molar-refractivity contribution in [1.82, 2.24) is 4.90 Å². The molecule has 0 radical (unpaired) electrons. The number of aliphatic carboxylic acids is 1. The maximum atomic E-state index is 13.5. The summed E-state index contributed by atoms with van der Waals surface area (Å²) in [5, 5.41) is 9.55. The van der Waals surface area contributed by atoms with Crippen LogP contribution >= 0.6 is 11.8 Å². The largest absolute Gasteiger partial charge is 0.481 e. The van der Waals surface area contributed by atoms with E-state index < -0.39 is 11.4 Å². The number of carboxylic acids is 1. The Kier molecular flexibility index (Phi) is 4.62. The maximum absolute atomic E-state index is 13.5. The fraction of sp³-hybridized carbons (Fsp3) is 0.529. The summed E-state index contributed by atoms with van der Waals surface area (Å²) >= 11 is 1.32. The Bertz CT molecular complexity index is 624. The average molecular weight is 337 g/mol. The first-order valence-electron chi connectivity index (χ1n) is 7.91. The number of thioether (sulfide) groups is 1. The van der Waals surface area contributed by atoms with Crippen LogP contribution in [0.2, 0.25) is 0 Å². The molecule has 0 aromatic heterocycles. The zero-order valence-electron chi connectivity index (χ0n) is 12.8. The average Bonchev–Trinajstić information content (AvgIpc) is 3.07. The molecule has 2 aliphatic rings. The van der Waals surface area contributed by atoms with E-state index in [1.807, 2.05) is 0 Å². The summed E-state index contributed by atoms with van der Waals surface area (Å²) in [7, 11) is 0. The van der Waals surface area contributed by atoms with Crippen LogP contribution in [-0.2, 0) is 9.59 Å². The minimum absolute atomic E-state index is 0.0242. The molecular weight excluding hydrogens is 317 g/mol. The molecule has 1 aliphatic heterocycles. The van der Waals surface area contributed by atoms with E-state index in [1.54, 1.807) is 23.1 Å². The molecular formula is C17H20FNO3S. The Morgan fingerprint density at radius 1 is 1.39 bits per heavy atom. The highest BCUT2D eigenvalue weighted by Crippen LogP contribution is 2.49. The number of hydrogen-bond donors (Lipinski definition) is 1. The van der Waals surface area contributed by atoms with Gasteiger partial charge in [0.25, 0.3) is 0 Å². The van der Waals surface area contributed by atoms with E-state index in [0.29, 0.717) is 36.6 Å². The van der Waals surface area contributed by atoms with Gasteiger partial charge in [-0.15, -0.1) is 11.8 Å². The number of rotatable bonds is 5. The van der Waals surface area contributed by atoms with Gasteiger partial charge in [-0.1, -0.05) is 18.6 Å². The van der Waals surface area contributed by atoms with E-state index in [0.717, 1.165) is 12.8 Å². The summed E-state index contributed by atoms with van der Waals surface area (Å²) in [6.07, 6.45) is 2.80. The van der Waals surface area contributed by atoms with Gasteiger partial charge in [-0.25, -0.2) is 4.39 Å². The third-order valence-electron chi connectivity index (χ3n) is 5.06. The standard InChI is InChI=1S/C17H20FNO3S/c18-13-5-1-2-6-14(13)23-9-7-15(20)19-10-12-4-3-8-17(12,11-19)16(21)22/h1-2,5-6,12H,3-4,7-11H2,(H,21,22)/t12-,17+/m0/s1. The topological polar surface area (TPSA) is 57.6 Å². The van der Waals surface area contributed by atoms with Crippen LogP contribution in [0.25, 0.3) is 0 Å². The molecule has 0 bridgehead atoms. The highest BCUT2D eigenvalue weighted by Gasteiger charge is 2.55. The minimum atomic E-state index is -0.768.